The molecule has 0 spiro atoms. The average molecular weight is 281 g/mol. The third-order valence-electron chi connectivity index (χ3n) is 3.69. The van der Waals surface area contributed by atoms with Crippen LogP contribution in [0.4, 0.5) is 5.69 Å². The van der Waals surface area contributed by atoms with Gasteiger partial charge in [0.15, 0.2) is 0 Å². The van der Waals surface area contributed by atoms with Crippen LogP contribution in [-0.4, -0.2) is 47.3 Å². The second-order valence-corrected chi connectivity index (χ2v) is 5.36. The highest BCUT2D eigenvalue weighted by molar-refractivity contribution is 5.44. The number of aromatic nitrogens is 2. The smallest absolute Gasteiger partial charge is 0.268 e. The molecule has 20 heavy (non-hydrogen) atoms. The first kappa shape index (κ1) is 15.0. The zero-order valence-corrected chi connectivity index (χ0v) is 12.2. The van der Waals surface area contributed by atoms with Gasteiger partial charge in [0.2, 0.25) is 0 Å². The van der Waals surface area contributed by atoms with Crippen molar-refractivity contribution in [1.29, 1.82) is 0 Å². The molecule has 112 valence electrons. The lowest BCUT2D eigenvalue weighted by atomic mass is 10.2. The van der Waals surface area contributed by atoms with Gasteiger partial charge in [-0.1, -0.05) is 0 Å². The molecular formula is C14H23N3O3. The third kappa shape index (κ3) is 3.80. The van der Waals surface area contributed by atoms with Gasteiger partial charge in [-0.05, 0) is 26.2 Å². The number of anilines is 1. The van der Waals surface area contributed by atoms with Crippen molar-refractivity contribution in [3.05, 3.63) is 22.6 Å². The fourth-order valence-electron chi connectivity index (χ4n) is 2.46. The van der Waals surface area contributed by atoms with Crippen molar-refractivity contribution >= 4 is 5.69 Å². The minimum Gasteiger partial charge on any atom is -0.393 e. The van der Waals surface area contributed by atoms with E-state index in [0.717, 1.165) is 31.6 Å². The summed E-state index contributed by atoms with van der Waals surface area (Å²) in [7, 11) is 1.71. The molecule has 1 aromatic heterocycles. The van der Waals surface area contributed by atoms with Crippen LogP contribution in [0.3, 0.4) is 0 Å². The number of nitrogens with zero attached hydrogens (tertiary/aromatic N) is 3. The van der Waals surface area contributed by atoms with Gasteiger partial charge >= 0.3 is 0 Å². The molecule has 0 amide bonds. The Bertz CT molecular complexity index is 487. The molecule has 1 N–H and O–H groups in total. The normalized spacial score (nSPS) is 20.4. The Hall–Kier alpha value is -1.40. The molecule has 1 fully saturated rings. The Labute approximate surface area is 119 Å². The number of hydrogen-bond donors (Lipinski definition) is 1. The van der Waals surface area contributed by atoms with E-state index in [1.54, 1.807) is 26.3 Å². The molecule has 0 saturated carbocycles. The third-order valence-corrected chi connectivity index (χ3v) is 3.69. The van der Waals surface area contributed by atoms with Gasteiger partial charge in [-0.25, -0.2) is 4.68 Å². The summed E-state index contributed by atoms with van der Waals surface area (Å²) < 4.78 is 6.78. The standard InChI is InChI=1S/C14H23N3O3/c1-11(18)4-3-6-17-14(19)8-12(9-15-17)16-7-5-13(10-16)20-2/h8-9,11,13,18H,3-7,10H2,1-2H3. The van der Waals surface area contributed by atoms with Crippen LogP contribution in [0.1, 0.15) is 26.2 Å². The van der Waals surface area contributed by atoms with E-state index in [-0.39, 0.29) is 17.8 Å². The Morgan fingerprint density at radius 3 is 3.00 bits per heavy atom. The van der Waals surface area contributed by atoms with Crippen LogP contribution in [-0.2, 0) is 11.3 Å². The van der Waals surface area contributed by atoms with E-state index in [2.05, 4.69) is 10.00 Å². The van der Waals surface area contributed by atoms with Gasteiger partial charge in [0.1, 0.15) is 0 Å². The fourth-order valence-corrected chi connectivity index (χ4v) is 2.46. The maximum atomic E-state index is 12.0. The molecule has 6 nitrogen and oxygen atoms in total. The van der Waals surface area contributed by atoms with Gasteiger partial charge < -0.3 is 14.7 Å². The molecule has 2 unspecified atom stereocenters. The summed E-state index contributed by atoms with van der Waals surface area (Å²) in [5.74, 6) is 0. The highest BCUT2D eigenvalue weighted by Crippen LogP contribution is 2.19. The molecule has 1 aromatic rings. The molecular weight excluding hydrogens is 258 g/mol. The van der Waals surface area contributed by atoms with E-state index in [1.165, 1.54) is 4.68 Å². The summed E-state index contributed by atoms with van der Waals surface area (Å²) in [6.45, 7) is 4.00. The number of methoxy groups -OCH3 is 1. The molecule has 1 aliphatic rings. The summed E-state index contributed by atoms with van der Waals surface area (Å²) >= 11 is 0. The molecule has 2 heterocycles. The molecule has 2 rings (SSSR count). The van der Waals surface area contributed by atoms with Gasteiger partial charge in [-0.3, -0.25) is 4.79 Å². The average Bonchev–Trinajstić information content (AvgIpc) is 2.89. The zero-order chi connectivity index (χ0) is 14.5. The first-order valence-corrected chi connectivity index (χ1v) is 7.13. The molecule has 6 heteroatoms. The quantitative estimate of drug-likeness (QED) is 0.828. The minimum atomic E-state index is -0.333. The lowest BCUT2D eigenvalue weighted by Crippen LogP contribution is -2.27. The monoisotopic (exact) mass is 281 g/mol. The number of aliphatic hydroxyl groups excluding tert-OH is 1. The van der Waals surface area contributed by atoms with E-state index < -0.39 is 0 Å². The highest BCUT2D eigenvalue weighted by atomic mass is 16.5. The SMILES string of the molecule is COC1CCN(c2cnn(CCCC(C)O)c(=O)c2)C1. The van der Waals surface area contributed by atoms with Crippen LogP contribution < -0.4 is 10.5 Å². The molecule has 2 atom stereocenters. The predicted molar refractivity (Wildman–Crippen MR) is 77.0 cm³/mol. The van der Waals surface area contributed by atoms with Crippen molar-refractivity contribution in [3.8, 4) is 0 Å². The van der Waals surface area contributed by atoms with Crippen LogP contribution in [0.2, 0.25) is 0 Å². The van der Waals surface area contributed by atoms with Crippen molar-refractivity contribution in [3.63, 3.8) is 0 Å². The molecule has 1 saturated heterocycles. The molecule has 0 aliphatic carbocycles. The van der Waals surface area contributed by atoms with Gasteiger partial charge in [-0.2, -0.15) is 5.10 Å². The molecule has 0 radical (unpaired) electrons. The van der Waals surface area contributed by atoms with Crippen molar-refractivity contribution in [2.24, 2.45) is 0 Å². The van der Waals surface area contributed by atoms with Crippen molar-refractivity contribution < 1.29 is 9.84 Å². The Morgan fingerprint density at radius 2 is 2.40 bits per heavy atom. The van der Waals surface area contributed by atoms with E-state index in [4.69, 9.17) is 4.74 Å². The largest absolute Gasteiger partial charge is 0.393 e. The van der Waals surface area contributed by atoms with E-state index >= 15 is 0 Å². The topological polar surface area (TPSA) is 67.6 Å². The molecule has 0 bridgehead atoms. The van der Waals surface area contributed by atoms with Gasteiger partial charge in [0, 0.05) is 32.8 Å². The van der Waals surface area contributed by atoms with Crippen LogP contribution in [0.15, 0.2) is 17.1 Å². The predicted octanol–water partition coefficient (Wildman–Crippen LogP) is 0.629. The van der Waals surface area contributed by atoms with E-state index in [1.807, 2.05) is 0 Å². The number of rotatable bonds is 6. The second kappa shape index (κ2) is 6.85. The summed E-state index contributed by atoms with van der Waals surface area (Å²) in [5.41, 5.74) is 0.773. The number of hydrogen-bond acceptors (Lipinski definition) is 5. The van der Waals surface area contributed by atoms with Gasteiger partial charge in [0.25, 0.3) is 5.56 Å². The summed E-state index contributed by atoms with van der Waals surface area (Å²) in [5, 5.41) is 13.4. The highest BCUT2D eigenvalue weighted by Gasteiger charge is 2.22. The first-order chi connectivity index (χ1) is 9.60. The minimum absolute atomic E-state index is 0.0889. The summed E-state index contributed by atoms with van der Waals surface area (Å²) in [6.07, 6.45) is 4.05. The summed E-state index contributed by atoms with van der Waals surface area (Å²) in [6, 6.07) is 1.63. The number of aliphatic hydroxyl groups is 1. The Balaban J connectivity index is 1.97. The zero-order valence-electron chi connectivity index (χ0n) is 12.2. The van der Waals surface area contributed by atoms with E-state index in [9.17, 15) is 9.90 Å². The van der Waals surface area contributed by atoms with Crippen molar-refractivity contribution in [1.82, 2.24) is 9.78 Å². The summed E-state index contributed by atoms with van der Waals surface area (Å²) in [4.78, 5) is 14.1. The maximum absolute atomic E-state index is 12.0. The molecule has 0 aromatic carbocycles. The fraction of sp³-hybridized carbons (Fsp3) is 0.714. The van der Waals surface area contributed by atoms with Crippen LogP contribution in [0, 0.1) is 0 Å². The van der Waals surface area contributed by atoms with Crippen LogP contribution in [0.5, 0.6) is 0 Å². The lowest BCUT2D eigenvalue weighted by Gasteiger charge is -2.18. The Morgan fingerprint density at radius 1 is 1.60 bits per heavy atom. The van der Waals surface area contributed by atoms with Gasteiger partial charge in [0.05, 0.1) is 24.1 Å². The lowest BCUT2D eigenvalue weighted by molar-refractivity contribution is 0.121. The Kier molecular flexibility index (Phi) is 5.14. The maximum Gasteiger partial charge on any atom is 0.268 e. The second-order valence-electron chi connectivity index (χ2n) is 5.36. The number of ether oxygens (including phenoxy) is 1. The van der Waals surface area contributed by atoms with E-state index in [0.29, 0.717) is 13.0 Å². The van der Waals surface area contributed by atoms with Crippen molar-refractivity contribution in [2.45, 2.75) is 44.9 Å². The van der Waals surface area contributed by atoms with Crippen LogP contribution in [0.25, 0.3) is 0 Å². The number of aryl methyl sites for hydroxylation is 1. The molecule has 1 aliphatic heterocycles. The first-order valence-electron chi connectivity index (χ1n) is 7.13. The van der Waals surface area contributed by atoms with Crippen LogP contribution >= 0.6 is 0 Å². The van der Waals surface area contributed by atoms with Crippen molar-refractivity contribution in [2.75, 3.05) is 25.1 Å². The van der Waals surface area contributed by atoms with Gasteiger partial charge in [-0.15, -0.1) is 0 Å².